The number of rotatable bonds is 4. The number of pyridine rings is 2. The molecule has 2 aliphatic rings. The predicted octanol–water partition coefficient (Wildman–Crippen LogP) is 2.12. The number of piperidine rings is 1. The Balaban J connectivity index is 1.57. The van der Waals surface area contributed by atoms with E-state index in [-0.39, 0.29) is 17.6 Å². The van der Waals surface area contributed by atoms with Gasteiger partial charge in [0.25, 0.3) is 5.91 Å². The van der Waals surface area contributed by atoms with Gasteiger partial charge in [0, 0.05) is 36.9 Å². The molecule has 1 aliphatic heterocycles. The maximum atomic E-state index is 12.8. The highest BCUT2D eigenvalue weighted by molar-refractivity contribution is 6.07. The number of aromatic nitrogens is 2. The van der Waals surface area contributed by atoms with Crippen LogP contribution in [0.2, 0.25) is 0 Å². The number of carbonyl (C=O) groups is 1. The summed E-state index contributed by atoms with van der Waals surface area (Å²) in [6, 6.07) is 5.73. The lowest BCUT2D eigenvalue weighted by Gasteiger charge is -2.33. The van der Waals surface area contributed by atoms with Crippen molar-refractivity contribution in [2.45, 2.75) is 37.6 Å². The van der Waals surface area contributed by atoms with E-state index in [2.05, 4.69) is 20.2 Å². The van der Waals surface area contributed by atoms with E-state index in [9.17, 15) is 4.79 Å². The van der Waals surface area contributed by atoms with Crippen LogP contribution in [-0.4, -0.2) is 35.0 Å². The smallest absolute Gasteiger partial charge is 0.276 e. The third-order valence-electron chi connectivity index (χ3n) is 5.00. The molecule has 0 aromatic carbocycles. The monoisotopic (exact) mass is 352 g/mol. The lowest BCUT2D eigenvalue weighted by Crippen LogP contribution is -2.43. The van der Waals surface area contributed by atoms with Gasteiger partial charge in [-0.3, -0.25) is 9.78 Å². The Labute approximate surface area is 152 Å². The van der Waals surface area contributed by atoms with Crippen molar-refractivity contribution in [3.63, 3.8) is 0 Å². The molecule has 1 unspecified atom stereocenters. The summed E-state index contributed by atoms with van der Waals surface area (Å²) in [6.07, 6.45) is 7.70. The molecule has 1 saturated carbocycles. The first-order valence-corrected chi connectivity index (χ1v) is 9.14. The predicted molar refractivity (Wildman–Crippen MR) is 102 cm³/mol. The Morgan fingerprint density at radius 2 is 2.08 bits per heavy atom. The van der Waals surface area contributed by atoms with E-state index in [0.717, 1.165) is 50.2 Å². The molecule has 3 heterocycles. The van der Waals surface area contributed by atoms with Crippen molar-refractivity contribution in [1.82, 2.24) is 9.97 Å². The summed E-state index contributed by atoms with van der Waals surface area (Å²) < 4.78 is 0. The van der Waals surface area contributed by atoms with Crippen LogP contribution in [0.15, 0.2) is 30.6 Å². The molecule has 2 fully saturated rings. The second-order valence-electron chi connectivity index (χ2n) is 7.14. The van der Waals surface area contributed by atoms with Crippen molar-refractivity contribution >= 4 is 23.0 Å². The minimum Gasteiger partial charge on any atom is -0.397 e. The number of hydrogen-bond donors (Lipinski definition) is 3. The van der Waals surface area contributed by atoms with Gasteiger partial charge in [-0.25, -0.2) is 4.98 Å². The normalized spacial score (nSPS) is 20.0. The van der Waals surface area contributed by atoms with Gasteiger partial charge >= 0.3 is 0 Å². The number of nitrogen functional groups attached to an aromatic ring is 1. The maximum absolute atomic E-state index is 12.8. The van der Waals surface area contributed by atoms with Crippen LogP contribution in [0.1, 0.15) is 47.8 Å². The Morgan fingerprint density at radius 1 is 1.23 bits per heavy atom. The van der Waals surface area contributed by atoms with E-state index in [1.54, 1.807) is 18.5 Å². The fraction of sp³-hybridized carbons (Fsp3) is 0.421. The highest BCUT2D eigenvalue weighted by Gasteiger charge is 2.27. The minimum atomic E-state index is -0.305. The Bertz CT molecular complexity index is 819. The highest BCUT2D eigenvalue weighted by atomic mass is 16.1. The van der Waals surface area contributed by atoms with Crippen molar-refractivity contribution in [3.05, 3.63) is 42.0 Å². The third kappa shape index (κ3) is 3.48. The van der Waals surface area contributed by atoms with Gasteiger partial charge in [-0.15, -0.1) is 0 Å². The molecule has 26 heavy (non-hydrogen) atoms. The van der Waals surface area contributed by atoms with Gasteiger partial charge in [0.2, 0.25) is 0 Å². The molecule has 1 saturated heterocycles. The van der Waals surface area contributed by atoms with Crippen molar-refractivity contribution in [1.29, 1.82) is 0 Å². The van der Waals surface area contributed by atoms with Crippen LogP contribution >= 0.6 is 0 Å². The van der Waals surface area contributed by atoms with E-state index >= 15 is 0 Å². The summed E-state index contributed by atoms with van der Waals surface area (Å²) in [4.78, 5) is 23.7. The molecule has 2 aromatic rings. The summed E-state index contributed by atoms with van der Waals surface area (Å²) in [5.74, 6) is 0.159. The molecule has 7 nitrogen and oxygen atoms in total. The summed E-state index contributed by atoms with van der Waals surface area (Å²) in [6.45, 7) is 1.68. The van der Waals surface area contributed by atoms with Crippen LogP contribution < -0.4 is 21.7 Å². The van der Waals surface area contributed by atoms with Gasteiger partial charge in [0.1, 0.15) is 0 Å². The van der Waals surface area contributed by atoms with E-state index in [0.29, 0.717) is 17.3 Å². The topological polar surface area (TPSA) is 110 Å². The van der Waals surface area contributed by atoms with E-state index < -0.39 is 0 Å². The summed E-state index contributed by atoms with van der Waals surface area (Å²) in [5.41, 5.74) is 15.3. The second kappa shape index (κ2) is 6.92. The standard InChI is InChI=1S/C19H24N6O/c20-13-2-1-9-25(11-13)17-7-8-22-10-16(17)24-19(26)18-14(21)5-6-15(23-18)12-3-4-12/h5-8,10,12-13H,1-4,9,11,20-21H2,(H,24,26). The fourth-order valence-electron chi connectivity index (χ4n) is 3.44. The Hall–Kier alpha value is -2.67. The summed E-state index contributed by atoms with van der Waals surface area (Å²) in [7, 11) is 0. The van der Waals surface area contributed by atoms with Crippen LogP contribution in [0.4, 0.5) is 17.1 Å². The Morgan fingerprint density at radius 3 is 2.85 bits per heavy atom. The number of nitrogens with two attached hydrogens (primary N) is 2. The van der Waals surface area contributed by atoms with Gasteiger partial charge in [0.15, 0.2) is 5.69 Å². The summed E-state index contributed by atoms with van der Waals surface area (Å²) in [5, 5.41) is 2.94. The van der Waals surface area contributed by atoms with Crippen LogP contribution in [0, 0.1) is 0 Å². The van der Waals surface area contributed by atoms with Crippen molar-refractivity contribution in [2.75, 3.05) is 29.0 Å². The number of amides is 1. The number of carbonyl (C=O) groups excluding carboxylic acids is 1. The van der Waals surface area contributed by atoms with Gasteiger partial charge < -0.3 is 21.7 Å². The number of hydrogen-bond acceptors (Lipinski definition) is 6. The first-order valence-electron chi connectivity index (χ1n) is 9.14. The second-order valence-corrected chi connectivity index (χ2v) is 7.14. The SMILES string of the molecule is Nc1ccc(C2CC2)nc1C(=O)Nc1cnccc1N1CCCC(N)C1. The lowest BCUT2D eigenvalue weighted by molar-refractivity contribution is 0.102. The zero-order valence-electron chi connectivity index (χ0n) is 14.7. The highest BCUT2D eigenvalue weighted by Crippen LogP contribution is 2.39. The zero-order valence-corrected chi connectivity index (χ0v) is 14.7. The Kier molecular flexibility index (Phi) is 4.46. The molecule has 0 radical (unpaired) electrons. The molecule has 2 aromatic heterocycles. The molecule has 1 aliphatic carbocycles. The average molecular weight is 352 g/mol. The molecule has 7 heteroatoms. The molecule has 1 amide bonds. The van der Waals surface area contributed by atoms with Crippen molar-refractivity contribution in [2.24, 2.45) is 5.73 Å². The molecule has 5 N–H and O–H groups in total. The molecule has 136 valence electrons. The lowest BCUT2D eigenvalue weighted by atomic mass is 10.1. The molecule has 0 spiro atoms. The number of anilines is 3. The van der Waals surface area contributed by atoms with Crippen molar-refractivity contribution < 1.29 is 4.79 Å². The molecular formula is C19H24N6O. The number of nitrogens with one attached hydrogen (secondary N) is 1. The van der Waals surface area contributed by atoms with Crippen LogP contribution in [-0.2, 0) is 0 Å². The van der Waals surface area contributed by atoms with E-state index in [4.69, 9.17) is 11.5 Å². The fourth-order valence-corrected chi connectivity index (χ4v) is 3.44. The first kappa shape index (κ1) is 16.8. The summed E-state index contributed by atoms with van der Waals surface area (Å²) >= 11 is 0. The quantitative estimate of drug-likeness (QED) is 0.777. The maximum Gasteiger partial charge on any atom is 0.276 e. The van der Waals surface area contributed by atoms with Gasteiger partial charge in [0.05, 0.1) is 23.3 Å². The van der Waals surface area contributed by atoms with Crippen LogP contribution in [0.5, 0.6) is 0 Å². The van der Waals surface area contributed by atoms with Gasteiger partial charge in [-0.2, -0.15) is 0 Å². The van der Waals surface area contributed by atoms with Crippen molar-refractivity contribution in [3.8, 4) is 0 Å². The largest absolute Gasteiger partial charge is 0.397 e. The van der Waals surface area contributed by atoms with E-state index in [1.165, 1.54) is 0 Å². The molecule has 1 atom stereocenters. The molecular weight excluding hydrogens is 328 g/mol. The first-order chi connectivity index (χ1) is 12.6. The van der Waals surface area contributed by atoms with Crippen LogP contribution in [0.3, 0.4) is 0 Å². The molecule has 4 rings (SSSR count). The number of nitrogens with zero attached hydrogens (tertiary/aromatic N) is 3. The minimum absolute atomic E-state index is 0.146. The van der Waals surface area contributed by atoms with E-state index in [1.807, 2.05) is 12.1 Å². The zero-order chi connectivity index (χ0) is 18.1. The van der Waals surface area contributed by atoms with Gasteiger partial charge in [-0.05, 0) is 43.9 Å². The average Bonchev–Trinajstić information content (AvgIpc) is 3.47. The third-order valence-corrected chi connectivity index (χ3v) is 5.00. The van der Waals surface area contributed by atoms with Gasteiger partial charge in [-0.1, -0.05) is 0 Å². The molecule has 0 bridgehead atoms. The van der Waals surface area contributed by atoms with Crippen LogP contribution in [0.25, 0.3) is 0 Å².